The van der Waals surface area contributed by atoms with Crippen molar-refractivity contribution in [3.8, 4) is 23.0 Å². The Kier molecular flexibility index (Phi) is 5.05. The minimum atomic E-state index is -0.468. The van der Waals surface area contributed by atoms with Crippen molar-refractivity contribution < 1.29 is 14.1 Å². The molecule has 1 amide bonds. The van der Waals surface area contributed by atoms with Crippen LogP contribution in [0.3, 0.4) is 0 Å². The standard InChI is InChI=1S/C20H21N5O3/c1-25-11-10-22-12-17(25)19-23-20(28-24-19)14-4-8-16(9-5-14)27-15-6-2-13(3-7-15)18(21)26/h2-9,17,22H,10-12H2,1H3,(H2,21,26). The number of hydrogen-bond acceptors (Lipinski definition) is 7. The van der Waals surface area contributed by atoms with Crippen molar-refractivity contribution in [2.75, 3.05) is 26.7 Å². The molecule has 0 radical (unpaired) electrons. The van der Waals surface area contributed by atoms with E-state index in [1.807, 2.05) is 24.3 Å². The van der Waals surface area contributed by atoms with E-state index in [0.717, 1.165) is 25.2 Å². The van der Waals surface area contributed by atoms with Gasteiger partial charge in [-0.2, -0.15) is 4.98 Å². The summed E-state index contributed by atoms with van der Waals surface area (Å²) < 4.78 is 11.2. The van der Waals surface area contributed by atoms with Crippen molar-refractivity contribution in [2.45, 2.75) is 6.04 Å². The number of hydrogen-bond donors (Lipinski definition) is 2. The molecule has 8 heteroatoms. The summed E-state index contributed by atoms with van der Waals surface area (Å²) in [4.78, 5) is 17.9. The Labute approximate surface area is 162 Å². The molecule has 1 aromatic heterocycles. The summed E-state index contributed by atoms with van der Waals surface area (Å²) in [6, 6.07) is 14.2. The van der Waals surface area contributed by atoms with Gasteiger partial charge in [-0.1, -0.05) is 5.16 Å². The van der Waals surface area contributed by atoms with Gasteiger partial charge in [0.1, 0.15) is 11.5 Å². The number of rotatable bonds is 5. The third-order valence-electron chi connectivity index (χ3n) is 4.73. The topological polar surface area (TPSA) is 107 Å². The molecule has 1 atom stereocenters. The van der Waals surface area contributed by atoms with Crippen LogP contribution in [-0.4, -0.2) is 47.6 Å². The summed E-state index contributed by atoms with van der Waals surface area (Å²) >= 11 is 0. The Bertz CT molecular complexity index is 953. The van der Waals surface area contributed by atoms with E-state index in [9.17, 15) is 4.79 Å². The molecule has 1 unspecified atom stereocenters. The second-order valence-electron chi connectivity index (χ2n) is 6.67. The molecular formula is C20H21N5O3. The lowest BCUT2D eigenvalue weighted by Gasteiger charge is -2.30. The van der Waals surface area contributed by atoms with Gasteiger partial charge in [-0.15, -0.1) is 0 Å². The number of ether oxygens (including phenoxy) is 1. The summed E-state index contributed by atoms with van der Waals surface area (Å²) in [6.45, 7) is 2.71. The zero-order valence-corrected chi connectivity index (χ0v) is 15.5. The maximum atomic E-state index is 11.1. The van der Waals surface area contributed by atoms with E-state index >= 15 is 0 Å². The van der Waals surface area contributed by atoms with Gasteiger partial charge >= 0.3 is 0 Å². The van der Waals surface area contributed by atoms with Crippen molar-refractivity contribution in [2.24, 2.45) is 5.73 Å². The molecule has 2 aromatic carbocycles. The minimum absolute atomic E-state index is 0.109. The highest BCUT2D eigenvalue weighted by atomic mass is 16.5. The van der Waals surface area contributed by atoms with E-state index in [1.54, 1.807) is 24.3 Å². The number of nitrogens with one attached hydrogen (secondary N) is 1. The lowest BCUT2D eigenvalue weighted by Crippen LogP contribution is -2.44. The van der Waals surface area contributed by atoms with Crippen LogP contribution in [0.15, 0.2) is 53.1 Å². The second kappa shape index (κ2) is 7.79. The molecule has 144 valence electrons. The molecule has 2 heterocycles. The van der Waals surface area contributed by atoms with Crippen molar-refractivity contribution in [3.05, 3.63) is 59.9 Å². The smallest absolute Gasteiger partial charge is 0.257 e. The van der Waals surface area contributed by atoms with E-state index < -0.39 is 5.91 Å². The predicted molar refractivity (Wildman–Crippen MR) is 103 cm³/mol. The van der Waals surface area contributed by atoms with Gasteiger partial charge in [0.15, 0.2) is 5.82 Å². The van der Waals surface area contributed by atoms with Gasteiger partial charge in [-0.05, 0) is 55.6 Å². The van der Waals surface area contributed by atoms with Gasteiger partial charge in [0, 0.05) is 30.8 Å². The van der Waals surface area contributed by atoms with E-state index in [-0.39, 0.29) is 6.04 Å². The quantitative estimate of drug-likeness (QED) is 0.700. The van der Waals surface area contributed by atoms with Crippen LogP contribution in [0.1, 0.15) is 22.2 Å². The fourth-order valence-electron chi connectivity index (χ4n) is 3.07. The molecule has 1 saturated heterocycles. The lowest BCUT2D eigenvalue weighted by atomic mass is 10.2. The number of nitrogens with two attached hydrogens (primary N) is 1. The Morgan fingerprint density at radius 2 is 1.86 bits per heavy atom. The molecule has 0 saturated carbocycles. The minimum Gasteiger partial charge on any atom is -0.457 e. The first-order valence-corrected chi connectivity index (χ1v) is 9.03. The van der Waals surface area contributed by atoms with Crippen molar-refractivity contribution in [3.63, 3.8) is 0 Å². The van der Waals surface area contributed by atoms with Crippen LogP contribution in [0.2, 0.25) is 0 Å². The monoisotopic (exact) mass is 379 g/mol. The molecule has 1 aliphatic rings. The van der Waals surface area contributed by atoms with Crippen LogP contribution >= 0.6 is 0 Å². The number of primary amides is 1. The zero-order valence-electron chi connectivity index (χ0n) is 15.5. The fraction of sp³-hybridized carbons (Fsp3) is 0.250. The molecule has 1 fully saturated rings. The van der Waals surface area contributed by atoms with Crippen molar-refractivity contribution >= 4 is 5.91 Å². The van der Waals surface area contributed by atoms with Gasteiger partial charge in [0.05, 0.1) is 6.04 Å². The average molecular weight is 379 g/mol. The third-order valence-corrected chi connectivity index (χ3v) is 4.73. The molecule has 0 aliphatic carbocycles. The number of carbonyl (C=O) groups is 1. The molecule has 0 bridgehead atoms. The van der Waals surface area contributed by atoms with E-state index in [1.165, 1.54) is 0 Å². The van der Waals surface area contributed by atoms with E-state index in [0.29, 0.717) is 28.8 Å². The number of piperazine rings is 1. The van der Waals surface area contributed by atoms with Gasteiger partial charge in [-0.25, -0.2) is 0 Å². The third kappa shape index (κ3) is 3.88. The number of nitrogens with zero attached hydrogens (tertiary/aromatic N) is 3. The van der Waals surface area contributed by atoms with Gasteiger partial charge in [0.2, 0.25) is 5.91 Å². The predicted octanol–water partition coefficient (Wildman–Crippen LogP) is 2.20. The normalized spacial score (nSPS) is 17.4. The summed E-state index contributed by atoms with van der Waals surface area (Å²) in [5.74, 6) is 1.97. The van der Waals surface area contributed by atoms with Crippen LogP contribution < -0.4 is 15.8 Å². The van der Waals surface area contributed by atoms with Crippen LogP contribution in [0.25, 0.3) is 11.5 Å². The first-order valence-electron chi connectivity index (χ1n) is 9.03. The molecule has 1 aliphatic heterocycles. The Morgan fingerprint density at radius 3 is 2.50 bits per heavy atom. The second-order valence-corrected chi connectivity index (χ2v) is 6.67. The molecule has 4 rings (SSSR count). The molecule has 3 N–H and O–H groups in total. The fourth-order valence-corrected chi connectivity index (χ4v) is 3.07. The number of aromatic nitrogens is 2. The summed E-state index contributed by atoms with van der Waals surface area (Å²) in [7, 11) is 2.06. The SMILES string of the molecule is CN1CCNCC1c1noc(-c2ccc(Oc3ccc(C(N)=O)cc3)cc2)n1. The van der Waals surface area contributed by atoms with Crippen molar-refractivity contribution in [1.82, 2.24) is 20.4 Å². The number of benzene rings is 2. The summed E-state index contributed by atoms with van der Waals surface area (Å²) in [5.41, 5.74) is 6.50. The van der Waals surface area contributed by atoms with E-state index in [4.69, 9.17) is 15.0 Å². The maximum absolute atomic E-state index is 11.1. The highest BCUT2D eigenvalue weighted by molar-refractivity contribution is 5.92. The Morgan fingerprint density at radius 1 is 1.18 bits per heavy atom. The van der Waals surface area contributed by atoms with Crippen LogP contribution in [0, 0.1) is 0 Å². The summed E-state index contributed by atoms with van der Waals surface area (Å²) in [5, 5.41) is 7.49. The summed E-state index contributed by atoms with van der Waals surface area (Å²) in [6.07, 6.45) is 0. The van der Waals surface area contributed by atoms with Crippen molar-refractivity contribution in [1.29, 1.82) is 0 Å². The first kappa shape index (κ1) is 18.1. The molecular weight excluding hydrogens is 358 g/mol. The Hall–Kier alpha value is -3.23. The number of carbonyl (C=O) groups excluding carboxylic acids is 1. The highest BCUT2D eigenvalue weighted by Gasteiger charge is 2.25. The average Bonchev–Trinajstić information content (AvgIpc) is 3.19. The van der Waals surface area contributed by atoms with Gasteiger partial charge < -0.3 is 20.3 Å². The van der Waals surface area contributed by atoms with E-state index in [2.05, 4.69) is 27.4 Å². The molecule has 0 spiro atoms. The first-order chi connectivity index (χ1) is 13.6. The number of likely N-dealkylation sites (N-methyl/N-ethyl adjacent to an activating group) is 1. The molecule has 8 nitrogen and oxygen atoms in total. The van der Waals surface area contributed by atoms with Crippen LogP contribution in [-0.2, 0) is 0 Å². The highest BCUT2D eigenvalue weighted by Crippen LogP contribution is 2.27. The number of amides is 1. The van der Waals surface area contributed by atoms with Gasteiger partial charge in [-0.3, -0.25) is 9.69 Å². The molecule has 3 aromatic rings. The maximum Gasteiger partial charge on any atom is 0.257 e. The van der Waals surface area contributed by atoms with Crippen LogP contribution in [0.4, 0.5) is 0 Å². The molecule has 28 heavy (non-hydrogen) atoms. The van der Waals surface area contributed by atoms with Gasteiger partial charge in [0.25, 0.3) is 5.89 Å². The zero-order chi connectivity index (χ0) is 19.5. The lowest BCUT2D eigenvalue weighted by molar-refractivity contribution is 0.100. The Balaban J connectivity index is 1.45. The largest absolute Gasteiger partial charge is 0.457 e. The van der Waals surface area contributed by atoms with Crippen LogP contribution in [0.5, 0.6) is 11.5 Å².